The molecule has 0 saturated heterocycles. The number of nitrogens with zero attached hydrogens (tertiary/aromatic N) is 2. The summed E-state index contributed by atoms with van der Waals surface area (Å²) in [5.41, 5.74) is 0.918. The van der Waals surface area contributed by atoms with Gasteiger partial charge < -0.3 is 0 Å². The van der Waals surface area contributed by atoms with Crippen LogP contribution in [0.25, 0.3) is 0 Å². The van der Waals surface area contributed by atoms with Crippen molar-refractivity contribution in [1.82, 2.24) is 4.98 Å². The predicted octanol–water partition coefficient (Wildman–Crippen LogP) is 2.16. The molecule has 0 atom stereocenters. The van der Waals surface area contributed by atoms with Crippen LogP contribution < -0.4 is 0 Å². The Hall–Kier alpha value is -0.880. The molecule has 11 heavy (non-hydrogen) atoms. The van der Waals surface area contributed by atoms with E-state index in [0.29, 0.717) is 6.42 Å². The van der Waals surface area contributed by atoms with Gasteiger partial charge in [-0.05, 0) is 12.8 Å². The molecule has 0 aliphatic carbocycles. The topological polar surface area (TPSA) is 36.7 Å². The van der Waals surface area contributed by atoms with Crippen LogP contribution in [0, 0.1) is 11.3 Å². The molecule has 2 nitrogen and oxygen atoms in total. The third kappa shape index (κ3) is 2.32. The Kier molecular flexibility index (Phi) is 3.06. The number of aryl methyl sites for hydroxylation is 1. The van der Waals surface area contributed by atoms with Crippen molar-refractivity contribution < 1.29 is 0 Å². The number of hydrogen-bond acceptors (Lipinski definition) is 3. The molecular weight excluding hydrogens is 156 g/mol. The molecule has 0 N–H and O–H groups in total. The van der Waals surface area contributed by atoms with Crippen LogP contribution in [0.3, 0.4) is 0 Å². The second-order valence-electron chi connectivity index (χ2n) is 2.32. The highest BCUT2D eigenvalue weighted by molar-refractivity contribution is 7.09. The first-order valence-electron chi connectivity index (χ1n) is 3.67. The zero-order valence-corrected chi connectivity index (χ0v) is 7.32. The Balaban J connectivity index is 2.60. The van der Waals surface area contributed by atoms with Crippen LogP contribution in [0.15, 0.2) is 5.38 Å². The van der Waals surface area contributed by atoms with Crippen molar-refractivity contribution in [2.45, 2.75) is 26.2 Å². The van der Waals surface area contributed by atoms with E-state index in [0.717, 1.165) is 23.5 Å². The summed E-state index contributed by atoms with van der Waals surface area (Å²) in [6, 6.07) is 2.08. The molecule has 1 aromatic heterocycles. The number of hydrogen-bond donors (Lipinski definition) is 0. The minimum Gasteiger partial charge on any atom is -0.245 e. The second-order valence-corrected chi connectivity index (χ2v) is 3.26. The first-order valence-corrected chi connectivity index (χ1v) is 4.55. The maximum absolute atomic E-state index is 8.37. The van der Waals surface area contributed by atoms with Crippen LogP contribution in [-0.4, -0.2) is 4.98 Å². The van der Waals surface area contributed by atoms with Gasteiger partial charge in [0.1, 0.15) is 0 Å². The molecule has 0 radical (unpaired) electrons. The molecule has 1 aromatic rings. The van der Waals surface area contributed by atoms with E-state index >= 15 is 0 Å². The molecule has 0 aromatic carbocycles. The number of aromatic nitrogens is 1. The van der Waals surface area contributed by atoms with Crippen LogP contribution in [0.2, 0.25) is 0 Å². The Morgan fingerprint density at radius 1 is 1.73 bits per heavy atom. The quantitative estimate of drug-likeness (QED) is 0.690. The molecule has 0 amide bonds. The van der Waals surface area contributed by atoms with Gasteiger partial charge in [0.15, 0.2) is 0 Å². The SMILES string of the molecule is CCCc1nc(CC#N)cs1. The van der Waals surface area contributed by atoms with Gasteiger partial charge in [-0.3, -0.25) is 0 Å². The van der Waals surface area contributed by atoms with Gasteiger partial charge in [0.05, 0.1) is 23.2 Å². The lowest BCUT2D eigenvalue weighted by atomic mass is 10.3. The maximum atomic E-state index is 8.37. The van der Waals surface area contributed by atoms with Gasteiger partial charge in [-0.1, -0.05) is 6.92 Å². The molecule has 58 valence electrons. The standard InChI is InChI=1S/C8H10N2S/c1-2-3-8-10-7(4-5-9)6-11-8/h6H,2-4H2,1H3. The summed E-state index contributed by atoms with van der Waals surface area (Å²) in [4.78, 5) is 4.29. The fourth-order valence-corrected chi connectivity index (χ4v) is 1.74. The first-order chi connectivity index (χ1) is 5.36. The zero-order valence-electron chi connectivity index (χ0n) is 6.50. The van der Waals surface area contributed by atoms with E-state index < -0.39 is 0 Å². The van der Waals surface area contributed by atoms with Gasteiger partial charge in [-0.2, -0.15) is 5.26 Å². The fraction of sp³-hybridized carbons (Fsp3) is 0.500. The predicted molar refractivity (Wildman–Crippen MR) is 45.4 cm³/mol. The van der Waals surface area contributed by atoms with Gasteiger partial charge in [-0.15, -0.1) is 11.3 Å². The second kappa shape index (κ2) is 4.09. The molecule has 0 bridgehead atoms. The van der Waals surface area contributed by atoms with Gasteiger partial charge >= 0.3 is 0 Å². The van der Waals surface area contributed by atoms with Crippen LogP contribution in [-0.2, 0) is 12.8 Å². The molecule has 1 heterocycles. The zero-order chi connectivity index (χ0) is 8.10. The van der Waals surface area contributed by atoms with E-state index in [1.807, 2.05) is 5.38 Å². The molecule has 1 rings (SSSR count). The van der Waals surface area contributed by atoms with Crippen LogP contribution in [0.5, 0.6) is 0 Å². The molecule has 0 aliphatic heterocycles. The minimum atomic E-state index is 0.445. The van der Waals surface area contributed by atoms with E-state index in [-0.39, 0.29) is 0 Å². The van der Waals surface area contributed by atoms with E-state index in [4.69, 9.17) is 5.26 Å². The van der Waals surface area contributed by atoms with Crippen molar-refractivity contribution >= 4 is 11.3 Å². The summed E-state index contributed by atoms with van der Waals surface area (Å²) in [5.74, 6) is 0. The smallest absolute Gasteiger partial charge is 0.0928 e. The lowest BCUT2D eigenvalue weighted by Crippen LogP contribution is -1.84. The molecule has 0 saturated carbocycles. The Bertz CT molecular complexity index is 259. The summed E-state index contributed by atoms with van der Waals surface area (Å²) >= 11 is 1.65. The Labute approximate surface area is 70.5 Å². The maximum Gasteiger partial charge on any atom is 0.0928 e. The first kappa shape index (κ1) is 8.22. The fourth-order valence-electron chi connectivity index (χ4n) is 0.840. The largest absolute Gasteiger partial charge is 0.245 e. The van der Waals surface area contributed by atoms with Crippen molar-refractivity contribution in [2.75, 3.05) is 0 Å². The van der Waals surface area contributed by atoms with Crippen LogP contribution in [0.1, 0.15) is 24.0 Å². The molecule has 0 fully saturated rings. The van der Waals surface area contributed by atoms with Crippen LogP contribution >= 0.6 is 11.3 Å². The highest BCUT2D eigenvalue weighted by atomic mass is 32.1. The van der Waals surface area contributed by atoms with Crippen molar-refractivity contribution in [3.05, 3.63) is 16.1 Å². The third-order valence-corrected chi connectivity index (χ3v) is 2.28. The van der Waals surface area contributed by atoms with Crippen molar-refractivity contribution in [2.24, 2.45) is 0 Å². The van der Waals surface area contributed by atoms with Gasteiger partial charge in [0.25, 0.3) is 0 Å². The number of thiazole rings is 1. The van der Waals surface area contributed by atoms with Crippen molar-refractivity contribution in [3.8, 4) is 6.07 Å². The molecule has 3 heteroatoms. The normalized spacial score (nSPS) is 9.45. The van der Waals surface area contributed by atoms with E-state index in [9.17, 15) is 0 Å². The summed E-state index contributed by atoms with van der Waals surface area (Å²) in [7, 11) is 0. The van der Waals surface area contributed by atoms with Crippen molar-refractivity contribution in [1.29, 1.82) is 5.26 Å². The van der Waals surface area contributed by atoms with E-state index in [1.165, 1.54) is 0 Å². The molecule has 0 spiro atoms. The summed E-state index contributed by atoms with van der Waals surface area (Å²) in [6.07, 6.45) is 2.61. The summed E-state index contributed by atoms with van der Waals surface area (Å²) < 4.78 is 0. The molecular formula is C8H10N2S. The lowest BCUT2D eigenvalue weighted by Gasteiger charge is -1.86. The summed E-state index contributed by atoms with van der Waals surface area (Å²) in [5, 5.41) is 11.5. The average Bonchev–Trinajstić information content (AvgIpc) is 2.38. The monoisotopic (exact) mass is 166 g/mol. The van der Waals surface area contributed by atoms with Gasteiger partial charge in [-0.25, -0.2) is 4.98 Å². The van der Waals surface area contributed by atoms with Gasteiger partial charge in [0, 0.05) is 5.38 Å². The average molecular weight is 166 g/mol. The van der Waals surface area contributed by atoms with E-state index in [2.05, 4.69) is 18.0 Å². The van der Waals surface area contributed by atoms with Crippen LogP contribution in [0.4, 0.5) is 0 Å². The van der Waals surface area contributed by atoms with Gasteiger partial charge in [0.2, 0.25) is 0 Å². The molecule has 0 unspecified atom stereocenters. The Morgan fingerprint density at radius 2 is 2.55 bits per heavy atom. The van der Waals surface area contributed by atoms with E-state index in [1.54, 1.807) is 11.3 Å². The lowest BCUT2D eigenvalue weighted by molar-refractivity contribution is 0.899. The minimum absolute atomic E-state index is 0.445. The molecule has 0 aliphatic rings. The Morgan fingerprint density at radius 3 is 3.18 bits per heavy atom. The number of nitriles is 1. The number of rotatable bonds is 3. The third-order valence-electron chi connectivity index (χ3n) is 1.32. The highest BCUT2D eigenvalue weighted by Crippen LogP contribution is 2.11. The summed E-state index contributed by atoms with van der Waals surface area (Å²) in [6.45, 7) is 2.13. The van der Waals surface area contributed by atoms with Crippen molar-refractivity contribution in [3.63, 3.8) is 0 Å². The highest BCUT2D eigenvalue weighted by Gasteiger charge is 1.98.